The molecule has 0 radical (unpaired) electrons. The SMILES string of the molecule is CCOC(C)c1nc(CN(C)c2ccnc3c(C)cccc23)cs1. The van der Waals surface area contributed by atoms with Gasteiger partial charge < -0.3 is 9.64 Å². The van der Waals surface area contributed by atoms with Gasteiger partial charge in [0.1, 0.15) is 11.1 Å². The summed E-state index contributed by atoms with van der Waals surface area (Å²) in [5, 5.41) is 4.34. The molecule has 5 heteroatoms. The number of aromatic nitrogens is 2. The first-order chi connectivity index (χ1) is 11.6. The number of benzene rings is 1. The Balaban J connectivity index is 1.83. The van der Waals surface area contributed by atoms with Crippen molar-refractivity contribution in [2.24, 2.45) is 0 Å². The van der Waals surface area contributed by atoms with Crippen LogP contribution in [0.15, 0.2) is 35.8 Å². The number of aryl methyl sites for hydroxylation is 1. The standard InChI is InChI=1S/C19H23N3OS/c1-5-23-14(3)19-21-15(12-24-19)11-22(4)17-9-10-20-18-13(2)7-6-8-16(17)18/h6-10,12,14H,5,11H2,1-4H3. The molecule has 0 fully saturated rings. The molecule has 1 atom stereocenters. The van der Waals surface area contributed by atoms with Gasteiger partial charge >= 0.3 is 0 Å². The summed E-state index contributed by atoms with van der Waals surface area (Å²) < 4.78 is 5.63. The molecule has 24 heavy (non-hydrogen) atoms. The molecule has 0 saturated heterocycles. The van der Waals surface area contributed by atoms with Crippen molar-refractivity contribution in [3.8, 4) is 0 Å². The second-order valence-electron chi connectivity index (χ2n) is 5.93. The van der Waals surface area contributed by atoms with E-state index in [2.05, 4.69) is 60.4 Å². The molecule has 3 aromatic rings. The number of hydrogen-bond donors (Lipinski definition) is 0. The van der Waals surface area contributed by atoms with E-state index in [0.717, 1.165) is 22.8 Å². The van der Waals surface area contributed by atoms with Crippen molar-refractivity contribution in [1.82, 2.24) is 9.97 Å². The predicted molar refractivity (Wildman–Crippen MR) is 101 cm³/mol. The number of rotatable bonds is 6. The Morgan fingerprint density at radius 1 is 1.29 bits per heavy atom. The third kappa shape index (κ3) is 3.42. The second-order valence-corrected chi connectivity index (χ2v) is 6.82. The molecule has 0 N–H and O–H groups in total. The molecule has 0 spiro atoms. The lowest BCUT2D eigenvalue weighted by molar-refractivity contribution is 0.0761. The maximum Gasteiger partial charge on any atom is 0.122 e. The van der Waals surface area contributed by atoms with Gasteiger partial charge in [-0.15, -0.1) is 11.3 Å². The number of para-hydroxylation sites is 1. The van der Waals surface area contributed by atoms with Crippen molar-refractivity contribution in [3.63, 3.8) is 0 Å². The van der Waals surface area contributed by atoms with Gasteiger partial charge in [-0.05, 0) is 32.4 Å². The summed E-state index contributed by atoms with van der Waals surface area (Å²) in [5.41, 5.74) is 4.51. The van der Waals surface area contributed by atoms with Crippen LogP contribution < -0.4 is 4.90 Å². The first-order valence-corrected chi connectivity index (χ1v) is 9.09. The Bertz CT molecular complexity index is 830. The molecule has 0 amide bonds. The van der Waals surface area contributed by atoms with E-state index in [1.165, 1.54) is 16.6 Å². The summed E-state index contributed by atoms with van der Waals surface area (Å²) in [4.78, 5) is 11.5. The molecular formula is C19H23N3OS. The van der Waals surface area contributed by atoms with Crippen LogP contribution in [0.4, 0.5) is 5.69 Å². The van der Waals surface area contributed by atoms with E-state index in [4.69, 9.17) is 9.72 Å². The van der Waals surface area contributed by atoms with Gasteiger partial charge in [-0.2, -0.15) is 0 Å². The fourth-order valence-corrected chi connectivity index (χ4v) is 3.69. The number of ether oxygens (including phenoxy) is 1. The zero-order valence-corrected chi connectivity index (χ0v) is 15.4. The molecule has 0 aliphatic carbocycles. The number of thiazole rings is 1. The molecule has 0 aliphatic heterocycles. The summed E-state index contributed by atoms with van der Waals surface area (Å²) in [6, 6.07) is 8.38. The lowest BCUT2D eigenvalue weighted by Gasteiger charge is -2.20. The molecule has 0 saturated carbocycles. The molecule has 126 valence electrons. The van der Waals surface area contributed by atoms with Crippen LogP contribution in [0.1, 0.15) is 36.2 Å². The second kappa shape index (κ2) is 7.28. The van der Waals surface area contributed by atoms with E-state index in [9.17, 15) is 0 Å². The number of hydrogen-bond acceptors (Lipinski definition) is 5. The van der Waals surface area contributed by atoms with E-state index in [1.54, 1.807) is 11.3 Å². The van der Waals surface area contributed by atoms with E-state index >= 15 is 0 Å². The molecule has 4 nitrogen and oxygen atoms in total. The topological polar surface area (TPSA) is 38.2 Å². The highest BCUT2D eigenvalue weighted by Gasteiger charge is 2.13. The molecule has 2 heterocycles. The first kappa shape index (κ1) is 16.9. The average molecular weight is 341 g/mol. The Kier molecular flexibility index (Phi) is 5.11. The van der Waals surface area contributed by atoms with Crippen LogP contribution in [-0.4, -0.2) is 23.6 Å². The van der Waals surface area contributed by atoms with Crippen molar-refractivity contribution >= 4 is 27.9 Å². The lowest BCUT2D eigenvalue weighted by atomic mass is 10.1. The Labute approximate surface area is 147 Å². The number of anilines is 1. The molecule has 1 unspecified atom stereocenters. The highest BCUT2D eigenvalue weighted by Crippen LogP contribution is 2.28. The highest BCUT2D eigenvalue weighted by molar-refractivity contribution is 7.09. The Hall–Kier alpha value is -1.98. The molecular weight excluding hydrogens is 318 g/mol. The van der Waals surface area contributed by atoms with Gasteiger partial charge in [0.25, 0.3) is 0 Å². The largest absolute Gasteiger partial charge is 0.372 e. The summed E-state index contributed by atoms with van der Waals surface area (Å²) in [6.45, 7) is 7.63. The molecule has 2 aromatic heterocycles. The predicted octanol–water partition coefficient (Wildman–Crippen LogP) is 4.73. The smallest absolute Gasteiger partial charge is 0.122 e. The van der Waals surface area contributed by atoms with Crippen molar-refractivity contribution in [1.29, 1.82) is 0 Å². The summed E-state index contributed by atoms with van der Waals surface area (Å²) in [6.07, 6.45) is 1.94. The Morgan fingerprint density at radius 2 is 2.12 bits per heavy atom. The number of pyridine rings is 1. The number of nitrogens with zero attached hydrogens (tertiary/aromatic N) is 3. The van der Waals surface area contributed by atoms with Crippen LogP contribution in [0.2, 0.25) is 0 Å². The van der Waals surface area contributed by atoms with Gasteiger partial charge in [0, 0.05) is 36.3 Å². The van der Waals surface area contributed by atoms with Gasteiger partial charge in [-0.3, -0.25) is 4.98 Å². The first-order valence-electron chi connectivity index (χ1n) is 8.21. The zero-order chi connectivity index (χ0) is 17.1. The van der Waals surface area contributed by atoms with Crippen LogP contribution in [-0.2, 0) is 11.3 Å². The van der Waals surface area contributed by atoms with Gasteiger partial charge in [-0.25, -0.2) is 4.98 Å². The van der Waals surface area contributed by atoms with Gasteiger partial charge in [0.05, 0.1) is 17.8 Å². The summed E-state index contributed by atoms with van der Waals surface area (Å²) >= 11 is 1.67. The molecule has 3 rings (SSSR count). The summed E-state index contributed by atoms with van der Waals surface area (Å²) in [7, 11) is 2.10. The van der Waals surface area contributed by atoms with Crippen LogP contribution in [0.5, 0.6) is 0 Å². The van der Waals surface area contributed by atoms with Crippen molar-refractivity contribution in [3.05, 3.63) is 52.1 Å². The van der Waals surface area contributed by atoms with Crippen LogP contribution in [0, 0.1) is 6.92 Å². The van der Waals surface area contributed by atoms with Gasteiger partial charge in [-0.1, -0.05) is 18.2 Å². The van der Waals surface area contributed by atoms with Crippen LogP contribution >= 0.6 is 11.3 Å². The monoisotopic (exact) mass is 341 g/mol. The average Bonchev–Trinajstić information content (AvgIpc) is 3.03. The fourth-order valence-electron chi connectivity index (χ4n) is 2.87. The quantitative estimate of drug-likeness (QED) is 0.649. The molecule has 0 aliphatic rings. The lowest BCUT2D eigenvalue weighted by Crippen LogP contribution is -2.17. The van der Waals surface area contributed by atoms with Crippen LogP contribution in [0.3, 0.4) is 0 Å². The van der Waals surface area contributed by atoms with E-state index in [0.29, 0.717) is 6.61 Å². The van der Waals surface area contributed by atoms with Crippen molar-refractivity contribution in [2.75, 3.05) is 18.6 Å². The van der Waals surface area contributed by atoms with Gasteiger partial charge in [0.2, 0.25) is 0 Å². The Morgan fingerprint density at radius 3 is 2.92 bits per heavy atom. The minimum Gasteiger partial charge on any atom is -0.372 e. The fraction of sp³-hybridized carbons (Fsp3) is 0.368. The minimum atomic E-state index is 0.0588. The maximum atomic E-state index is 5.63. The normalized spacial score (nSPS) is 12.5. The third-order valence-corrected chi connectivity index (χ3v) is 5.15. The maximum absolute atomic E-state index is 5.63. The molecule has 0 bridgehead atoms. The van der Waals surface area contributed by atoms with E-state index in [1.807, 2.05) is 13.1 Å². The third-order valence-electron chi connectivity index (χ3n) is 4.09. The highest BCUT2D eigenvalue weighted by atomic mass is 32.1. The minimum absolute atomic E-state index is 0.0588. The van der Waals surface area contributed by atoms with E-state index < -0.39 is 0 Å². The van der Waals surface area contributed by atoms with Crippen molar-refractivity contribution in [2.45, 2.75) is 33.4 Å². The van der Waals surface area contributed by atoms with Gasteiger partial charge in [0.15, 0.2) is 0 Å². The van der Waals surface area contributed by atoms with Crippen molar-refractivity contribution < 1.29 is 4.74 Å². The zero-order valence-electron chi connectivity index (χ0n) is 14.6. The number of fused-ring (bicyclic) bond motifs is 1. The van der Waals surface area contributed by atoms with E-state index in [-0.39, 0.29) is 6.10 Å². The van der Waals surface area contributed by atoms with Crippen LogP contribution in [0.25, 0.3) is 10.9 Å². The summed E-state index contributed by atoms with van der Waals surface area (Å²) in [5.74, 6) is 0. The molecule has 1 aromatic carbocycles.